The van der Waals surface area contributed by atoms with E-state index in [1.165, 1.54) is 44.1 Å². The first-order chi connectivity index (χ1) is 7.26. The minimum absolute atomic E-state index is 0.710. The largest absolute Gasteiger partial charge is 0.126 e. The molecule has 88 valence electrons. The van der Waals surface area contributed by atoms with Crippen molar-refractivity contribution in [2.45, 2.75) is 72.6 Å². The molecule has 0 aliphatic rings. The lowest BCUT2D eigenvalue weighted by molar-refractivity contribution is 0.634. The van der Waals surface area contributed by atoms with E-state index in [4.69, 9.17) is 0 Å². The van der Waals surface area contributed by atoms with E-state index >= 15 is 0 Å². The van der Waals surface area contributed by atoms with Crippen molar-refractivity contribution in [3.05, 3.63) is 17.4 Å². The lowest BCUT2D eigenvalue weighted by atomic mass is 9.97. The Labute approximate surface area is 96.5 Å². The summed E-state index contributed by atoms with van der Waals surface area (Å²) < 4.78 is 0. The molecule has 0 saturated carbocycles. The molecule has 0 radical (unpaired) electrons. The Morgan fingerprint density at radius 2 is 1.87 bits per heavy atom. The Morgan fingerprint density at radius 1 is 1.13 bits per heavy atom. The van der Waals surface area contributed by atoms with Crippen LogP contribution in [-0.4, -0.2) is 0 Å². The molecule has 0 nitrogen and oxygen atoms in total. The van der Waals surface area contributed by atoms with Gasteiger partial charge in [0, 0.05) is 0 Å². The van der Waals surface area contributed by atoms with Crippen LogP contribution >= 0.6 is 0 Å². The van der Waals surface area contributed by atoms with E-state index in [9.17, 15) is 0 Å². The molecule has 0 aromatic heterocycles. The molecule has 0 aromatic carbocycles. The van der Waals surface area contributed by atoms with Gasteiger partial charge in [0.25, 0.3) is 0 Å². The molecule has 1 atom stereocenters. The summed E-state index contributed by atoms with van der Waals surface area (Å²) in [7, 11) is 0. The first kappa shape index (κ1) is 14.5. The van der Waals surface area contributed by atoms with Gasteiger partial charge in [0.2, 0.25) is 0 Å². The third kappa shape index (κ3) is 7.45. The van der Waals surface area contributed by atoms with E-state index in [-0.39, 0.29) is 0 Å². The summed E-state index contributed by atoms with van der Waals surface area (Å²) in [5, 5.41) is 0. The van der Waals surface area contributed by atoms with Crippen LogP contribution in [0.5, 0.6) is 0 Å². The fourth-order valence-corrected chi connectivity index (χ4v) is 1.72. The van der Waals surface area contributed by atoms with Crippen molar-refractivity contribution in [3.63, 3.8) is 0 Å². The molecule has 0 aromatic rings. The van der Waals surface area contributed by atoms with E-state index in [0.29, 0.717) is 5.92 Å². The van der Waals surface area contributed by atoms with Gasteiger partial charge < -0.3 is 0 Å². The summed E-state index contributed by atoms with van der Waals surface area (Å²) >= 11 is 0. The molecule has 1 unspecified atom stereocenters. The topological polar surface area (TPSA) is 0 Å². The fraction of sp³-hybridized carbons (Fsp3) is 0.800. The van der Waals surface area contributed by atoms with Gasteiger partial charge in [0.1, 0.15) is 0 Å². The van der Waals surface area contributed by atoms with Gasteiger partial charge in [-0.3, -0.25) is 0 Å². The lowest BCUT2D eigenvalue weighted by Crippen LogP contribution is -1.94. The van der Waals surface area contributed by atoms with E-state index in [2.05, 4.69) is 39.5 Å². The smallest absolute Gasteiger partial charge is 0.0158 e. The third-order valence-electron chi connectivity index (χ3n) is 3.08. The lowest BCUT2D eigenvalue weighted by Gasteiger charge is -2.08. The van der Waals surface area contributed by atoms with Crippen LogP contribution in [0.3, 0.4) is 0 Å². The Bertz CT molecular complexity index is 194. The Morgan fingerprint density at radius 3 is 2.40 bits per heavy atom. The predicted molar refractivity (Wildman–Crippen MR) is 70.1 cm³/mol. The van der Waals surface area contributed by atoms with Crippen LogP contribution in [0.25, 0.3) is 0 Å². The van der Waals surface area contributed by atoms with Crippen molar-refractivity contribution in [3.8, 4) is 0 Å². The summed E-state index contributed by atoms with van der Waals surface area (Å²) in [5.41, 5.74) is 4.98. The van der Waals surface area contributed by atoms with Gasteiger partial charge in [-0.15, -0.1) is 5.73 Å². The minimum Gasteiger partial charge on any atom is -0.126 e. The summed E-state index contributed by atoms with van der Waals surface area (Å²) in [6, 6.07) is 0. The van der Waals surface area contributed by atoms with Crippen molar-refractivity contribution in [1.82, 2.24) is 0 Å². The first-order valence-corrected chi connectivity index (χ1v) is 6.70. The highest BCUT2D eigenvalue weighted by Crippen LogP contribution is 2.16. The molecule has 0 fully saturated rings. The number of hydrogen-bond donors (Lipinski definition) is 0. The summed E-state index contributed by atoms with van der Waals surface area (Å²) in [6.07, 6.45) is 11.3. The van der Waals surface area contributed by atoms with Gasteiger partial charge in [0.05, 0.1) is 0 Å². The van der Waals surface area contributed by atoms with Crippen LogP contribution < -0.4 is 0 Å². The molecule has 0 aliphatic carbocycles. The van der Waals surface area contributed by atoms with Gasteiger partial charge in [-0.1, -0.05) is 47.0 Å². The number of allylic oxidation sites excluding steroid dienone is 1. The monoisotopic (exact) mass is 208 g/mol. The Hall–Kier alpha value is -0.480. The summed E-state index contributed by atoms with van der Waals surface area (Å²) in [5.74, 6) is 0.710. The number of unbranched alkanes of at least 4 members (excludes halogenated alkanes) is 4. The van der Waals surface area contributed by atoms with Crippen molar-refractivity contribution in [2.24, 2.45) is 5.92 Å². The zero-order chi connectivity index (χ0) is 11.5. The van der Waals surface area contributed by atoms with Crippen molar-refractivity contribution >= 4 is 0 Å². The molecule has 0 heteroatoms. The number of rotatable bonds is 8. The maximum absolute atomic E-state index is 3.49. The highest BCUT2D eigenvalue weighted by molar-refractivity contribution is 5.04. The molecule has 0 spiro atoms. The zero-order valence-corrected chi connectivity index (χ0v) is 11.1. The molecular weight excluding hydrogens is 180 g/mol. The quantitative estimate of drug-likeness (QED) is 0.365. The number of hydrogen-bond acceptors (Lipinski definition) is 0. The van der Waals surface area contributed by atoms with Crippen LogP contribution in [0.4, 0.5) is 0 Å². The average molecular weight is 208 g/mol. The molecule has 0 aliphatic heterocycles. The molecule has 0 N–H and O–H groups in total. The van der Waals surface area contributed by atoms with Crippen LogP contribution in [-0.2, 0) is 0 Å². The second-order valence-electron chi connectivity index (χ2n) is 4.39. The molecule has 0 rings (SSSR count). The second kappa shape index (κ2) is 10.1. The molecule has 0 heterocycles. The van der Waals surface area contributed by atoms with Gasteiger partial charge in [-0.2, -0.15) is 0 Å². The Balaban J connectivity index is 3.90. The standard InChI is InChI=1S/C15H28/c1-5-8-9-10-11-12-13-15(7-3)14(4)6-2/h12,14H,5-11H2,1-4H3. The molecule has 0 bridgehead atoms. The Kier molecular flexibility index (Phi) is 9.73. The van der Waals surface area contributed by atoms with Gasteiger partial charge in [0.15, 0.2) is 0 Å². The first-order valence-electron chi connectivity index (χ1n) is 6.70. The van der Waals surface area contributed by atoms with Crippen LogP contribution in [0.2, 0.25) is 0 Å². The third-order valence-corrected chi connectivity index (χ3v) is 3.08. The molecule has 15 heavy (non-hydrogen) atoms. The van der Waals surface area contributed by atoms with Crippen LogP contribution in [0, 0.1) is 5.92 Å². The maximum atomic E-state index is 3.49. The maximum Gasteiger partial charge on any atom is -0.0158 e. The van der Waals surface area contributed by atoms with Gasteiger partial charge >= 0.3 is 0 Å². The molecule has 0 saturated heterocycles. The van der Waals surface area contributed by atoms with E-state index < -0.39 is 0 Å². The average Bonchev–Trinajstić information content (AvgIpc) is 2.27. The van der Waals surface area contributed by atoms with Crippen LogP contribution in [0.1, 0.15) is 72.6 Å². The van der Waals surface area contributed by atoms with E-state index in [1.807, 2.05) is 0 Å². The van der Waals surface area contributed by atoms with Crippen molar-refractivity contribution in [2.75, 3.05) is 0 Å². The molecular formula is C15H28. The fourth-order valence-electron chi connectivity index (χ4n) is 1.72. The van der Waals surface area contributed by atoms with Crippen molar-refractivity contribution in [1.29, 1.82) is 0 Å². The van der Waals surface area contributed by atoms with Gasteiger partial charge in [-0.25, -0.2) is 0 Å². The second-order valence-corrected chi connectivity index (χ2v) is 4.39. The molecule has 0 amide bonds. The summed E-state index contributed by atoms with van der Waals surface area (Å²) in [6.45, 7) is 9.05. The SMILES string of the molecule is CCCCCCC=C=C(CC)C(C)CC. The van der Waals surface area contributed by atoms with Crippen molar-refractivity contribution < 1.29 is 0 Å². The highest BCUT2D eigenvalue weighted by Gasteiger charge is 2.01. The van der Waals surface area contributed by atoms with Crippen LogP contribution in [0.15, 0.2) is 17.4 Å². The summed E-state index contributed by atoms with van der Waals surface area (Å²) in [4.78, 5) is 0. The van der Waals surface area contributed by atoms with E-state index in [0.717, 1.165) is 6.42 Å². The van der Waals surface area contributed by atoms with E-state index in [1.54, 1.807) is 0 Å². The van der Waals surface area contributed by atoms with Gasteiger partial charge in [-0.05, 0) is 43.3 Å². The minimum atomic E-state index is 0.710. The zero-order valence-electron chi connectivity index (χ0n) is 11.1. The predicted octanol–water partition coefficient (Wildman–Crippen LogP) is 5.49. The normalized spacial score (nSPS) is 12.0. The highest BCUT2D eigenvalue weighted by atomic mass is 14.1.